The Kier molecular flexibility index (Phi) is 3.68. The third kappa shape index (κ3) is 2.57. The number of nitrogens with one attached hydrogen (secondary N) is 2. The topological polar surface area (TPSA) is 74.8 Å². The van der Waals surface area contributed by atoms with Gasteiger partial charge in [-0.3, -0.25) is 5.41 Å². The number of pyridine rings is 1. The Hall–Kier alpha value is -0.850. The molecule has 0 atom stereocenters. The van der Waals surface area contributed by atoms with Crippen molar-refractivity contribution in [1.29, 1.82) is 5.41 Å². The van der Waals surface area contributed by atoms with E-state index in [0.29, 0.717) is 21.1 Å². The number of hydrogen-bond donors (Lipinski definition) is 3. The largest absolute Gasteiger partial charge is 0.383 e. The molecule has 4 nitrogen and oxygen atoms in total. The van der Waals surface area contributed by atoms with Gasteiger partial charge in [-0.15, -0.1) is 0 Å². The summed E-state index contributed by atoms with van der Waals surface area (Å²) in [4.78, 5) is 3.96. The number of hydrogen-bond acceptors (Lipinski definition) is 4. The number of aromatic nitrogens is 1. The third-order valence-electron chi connectivity index (χ3n) is 1.64. The lowest BCUT2D eigenvalue weighted by atomic mass is 10.2. The molecule has 0 aliphatic carbocycles. The van der Waals surface area contributed by atoms with Gasteiger partial charge in [-0.05, 0) is 42.5 Å². The number of nitrogen functional groups attached to an aromatic ring is 1. The molecule has 1 rings (SSSR count). The van der Waals surface area contributed by atoms with Crippen molar-refractivity contribution in [3.05, 3.63) is 17.8 Å². The fourth-order valence-electron chi connectivity index (χ4n) is 1.14. The molecule has 0 aromatic carbocycles. The number of halogens is 1. The molecule has 1 aromatic rings. The van der Waals surface area contributed by atoms with Gasteiger partial charge in [0.15, 0.2) is 0 Å². The highest BCUT2D eigenvalue weighted by molar-refractivity contribution is 14.1. The number of nitrogens with zero attached hydrogens (tertiary/aromatic N) is 1. The van der Waals surface area contributed by atoms with Crippen molar-refractivity contribution in [3.8, 4) is 0 Å². The summed E-state index contributed by atoms with van der Waals surface area (Å²) >= 11 is 1.93. The van der Waals surface area contributed by atoms with Gasteiger partial charge in [-0.2, -0.15) is 0 Å². The first-order chi connectivity index (χ1) is 6.52. The van der Waals surface area contributed by atoms with Crippen molar-refractivity contribution in [2.24, 2.45) is 0 Å². The number of anilines is 2. The minimum atomic E-state index is 0.311. The molecule has 5 heteroatoms. The van der Waals surface area contributed by atoms with Crippen LogP contribution in [-0.2, 0) is 0 Å². The second kappa shape index (κ2) is 4.59. The highest BCUT2D eigenvalue weighted by Crippen LogP contribution is 2.23. The first kappa shape index (κ1) is 11.2. The van der Waals surface area contributed by atoms with E-state index >= 15 is 0 Å². The first-order valence-electron chi connectivity index (χ1n) is 4.27. The minimum absolute atomic E-state index is 0.311. The Morgan fingerprint density at radius 2 is 2.29 bits per heavy atom. The summed E-state index contributed by atoms with van der Waals surface area (Å²) in [6.45, 7) is 4.08. The molecule has 0 fully saturated rings. The summed E-state index contributed by atoms with van der Waals surface area (Å²) < 4.78 is 0.399. The maximum Gasteiger partial charge on any atom is 0.135 e. The highest BCUT2D eigenvalue weighted by atomic mass is 127. The van der Waals surface area contributed by atoms with Gasteiger partial charge in [-0.25, -0.2) is 4.98 Å². The van der Waals surface area contributed by atoms with Crippen molar-refractivity contribution >= 4 is 37.8 Å². The fourth-order valence-corrected chi connectivity index (χ4v) is 1.71. The van der Waals surface area contributed by atoms with Crippen LogP contribution < -0.4 is 11.1 Å². The summed E-state index contributed by atoms with van der Waals surface area (Å²) in [5.74, 6) is 0.398. The molecule has 0 radical (unpaired) electrons. The molecular formula is C9H13IN4. The molecule has 0 saturated carbocycles. The molecule has 0 unspecified atom stereocenters. The van der Waals surface area contributed by atoms with Crippen LogP contribution >= 0.6 is 22.6 Å². The Morgan fingerprint density at radius 1 is 1.64 bits per heavy atom. The molecule has 1 aromatic heterocycles. The van der Waals surface area contributed by atoms with Gasteiger partial charge in [0.2, 0.25) is 0 Å². The van der Waals surface area contributed by atoms with Crippen molar-refractivity contribution in [2.45, 2.75) is 19.9 Å². The van der Waals surface area contributed by atoms with Crippen LogP contribution in [0.3, 0.4) is 0 Å². The number of nitrogens with two attached hydrogens (primary N) is 1. The van der Waals surface area contributed by atoms with Crippen LogP contribution in [0, 0.1) is 5.41 Å². The van der Waals surface area contributed by atoms with Gasteiger partial charge in [0.1, 0.15) is 9.54 Å². The van der Waals surface area contributed by atoms with E-state index in [-0.39, 0.29) is 0 Å². The van der Waals surface area contributed by atoms with E-state index in [1.54, 1.807) is 6.20 Å². The zero-order valence-corrected chi connectivity index (χ0v) is 10.3. The average Bonchev–Trinajstić information content (AvgIpc) is 2.01. The normalized spacial score (nSPS) is 10.3. The summed E-state index contributed by atoms with van der Waals surface area (Å²) in [7, 11) is 0. The van der Waals surface area contributed by atoms with Crippen LogP contribution in [0.1, 0.15) is 19.4 Å². The molecule has 0 amide bonds. The van der Waals surface area contributed by atoms with E-state index in [0.717, 1.165) is 5.69 Å². The fraction of sp³-hybridized carbons (Fsp3) is 0.333. The lowest BCUT2D eigenvalue weighted by molar-refractivity contribution is 0.898. The molecule has 14 heavy (non-hydrogen) atoms. The van der Waals surface area contributed by atoms with E-state index in [1.165, 1.54) is 0 Å². The van der Waals surface area contributed by atoms with Crippen LogP contribution in [0.25, 0.3) is 0 Å². The standard InChI is InChI=1S/C9H13IN4/c1-5(2)14-6-3-4-13-9(12)7(6)8(10)11/h3-5,11H,1-2H3,(H3,12,13,14). The van der Waals surface area contributed by atoms with Gasteiger partial charge in [-0.1, -0.05) is 0 Å². The maximum absolute atomic E-state index is 7.59. The summed E-state index contributed by atoms with van der Waals surface area (Å²) in [5, 5.41) is 10.8. The summed E-state index contributed by atoms with van der Waals surface area (Å²) in [6.07, 6.45) is 1.64. The smallest absolute Gasteiger partial charge is 0.135 e. The Bertz CT molecular complexity index is 349. The van der Waals surface area contributed by atoms with Gasteiger partial charge >= 0.3 is 0 Å². The van der Waals surface area contributed by atoms with E-state index in [9.17, 15) is 0 Å². The number of rotatable bonds is 3. The second-order valence-corrected chi connectivity index (χ2v) is 4.31. The Balaban J connectivity index is 3.14. The van der Waals surface area contributed by atoms with E-state index in [2.05, 4.69) is 10.3 Å². The van der Waals surface area contributed by atoms with Crippen molar-refractivity contribution in [2.75, 3.05) is 11.1 Å². The maximum atomic E-state index is 7.59. The minimum Gasteiger partial charge on any atom is -0.383 e. The van der Waals surface area contributed by atoms with Crippen LogP contribution in [0.4, 0.5) is 11.5 Å². The van der Waals surface area contributed by atoms with Gasteiger partial charge in [0, 0.05) is 17.9 Å². The second-order valence-electron chi connectivity index (χ2n) is 3.23. The molecule has 0 saturated heterocycles. The molecule has 0 bridgehead atoms. The quantitative estimate of drug-likeness (QED) is 0.592. The Labute approximate surface area is 96.9 Å². The van der Waals surface area contributed by atoms with Crippen LogP contribution in [0.2, 0.25) is 0 Å². The lowest BCUT2D eigenvalue weighted by Crippen LogP contribution is -2.14. The van der Waals surface area contributed by atoms with E-state index in [1.807, 2.05) is 42.5 Å². The van der Waals surface area contributed by atoms with Crippen LogP contribution in [-0.4, -0.2) is 14.7 Å². The van der Waals surface area contributed by atoms with E-state index < -0.39 is 0 Å². The van der Waals surface area contributed by atoms with Gasteiger partial charge in [0.05, 0.1) is 5.56 Å². The molecule has 0 aliphatic heterocycles. The molecule has 1 heterocycles. The van der Waals surface area contributed by atoms with Gasteiger partial charge in [0.25, 0.3) is 0 Å². The molecular weight excluding hydrogens is 291 g/mol. The van der Waals surface area contributed by atoms with Crippen molar-refractivity contribution in [1.82, 2.24) is 4.98 Å². The molecule has 0 aliphatic rings. The summed E-state index contributed by atoms with van der Waals surface area (Å²) in [5.41, 5.74) is 7.25. The lowest BCUT2D eigenvalue weighted by Gasteiger charge is -2.14. The van der Waals surface area contributed by atoms with Crippen molar-refractivity contribution in [3.63, 3.8) is 0 Å². The average molecular weight is 304 g/mol. The SMILES string of the molecule is CC(C)Nc1ccnc(N)c1C(=N)I. The van der Waals surface area contributed by atoms with Crippen molar-refractivity contribution < 1.29 is 0 Å². The zero-order chi connectivity index (χ0) is 10.7. The summed E-state index contributed by atoms with van der Waals surface area (Å²) in [6, 6.07) is 2.14. The van der Waals surface area contributed by atoms with E-state index in [4.69, 9.17) is 11.1 Å². The monoisotopic (exact) mass is 304 g/mol. The first-order valence-corrected chi connectivity index (χ1v) is 5.35. The molecule has 0 spiro atoms. The highest BCUT2D eigenvalue weighted by Gasteiger charge is 2.10. The van der Waals surface area contributed by atoms with Crippen LogP contribution in [0.15, 0.2) is 12.3 Å². The molecule has 76 valence electrons. The predicted molar refractivity (Wildman–Crippen MR) is 68.3 cm³/mol. The van der Waals surface area contributed by atoms with Crippen LogP contribution in [0.5, 0.6) is 0 Å². The predicted octanol–water partition coefficient (Wildman–Crippen LogP) is 2.24. The zero-order valence-electron chi connectivity index (χ0n) is 8.13. The Morgan fingerprint density at radius 3 is 2.79 bits per heavy atom. The third-order valence-corrected chi connectivity index (χ3v) is 2.18. The molecule has 4 N–H and O–H groups in total. The van der Waals surface area contributed by atoms with Gasteiger partial charge < -0.3 is 11.1 Å².